The Kier molecular flexibility index (Phi) is 4.56. The van der Waals surface area contributed by atoms with Crippen molar-refractivity contribution < 1.29 is 9.21 Å². The van der Waals surface area contributed by atoms with E-state index in [-0.39, 0.29) is 11.9 Å². The normalized spacial score (nSPS) is 13.9. The number of hydrogen-bond acceptors (Lipinski definition) is 2. The minimum absolute atomic E-state index is 0.0856. The summed E-state index contributed by atoms with van der Waals surface area (Å²) in [5, 5.41) is 0. The van der Waals surface area contributed by atoms with E-state index >= 15 is 0 Å². The molecule has 1 aliphatic rings. The van der Waals surface area contributed by atoms with Crippen molar-refractivity contribution >= 4 is 5.91 Å². The van der Waals surface area contributed by atoms with Gasteiger partial charge in [-0.2, -0.15) is 0 Å². The van der Waals surface area contributed by atoms with E-state index < -0.39 is 0 Å². The lowest BCUT2D eigenvalue weighted by molar-refractivity contribution is 0.0675. The number of carbonyl (C=O) groups excluding carboxylic acids is 1. The highest BCUT2D eigenvalue weighted by Gasteiger charge is 2.21. The number of fused-ring (bicyclic) bond motifs is 1. The highest BCUT2D eigenvalue weighted by atomic mass is 16.3. The van der Waals surface area contributed by atoms with Crippen molar-refractivity contribution in [1.82, 2.24) is 4.90 Å². The molecule has 0 aliphatic heterocycles. The lowest BCUT2D eigenvalue weighted by Gasteiger charge is -2.26. The van der Waals surface area contributed by atoms with Gasteiger partial charge in [-0.15, -0.1) is 0 Å². The maximum Gasteiger partial charge on any atom is 0.254 e. The third-order valence-electron chi connectivity index (χ3n) is 4.60. The Morgan fingerprint density at radius 1 is 1.13 bits per heavy atom. The fourth-order valence-electron chi connectivity index (χ4n) is 3.26. The van der Waals surface area contributed by atoms with E-state index in [0.29, 0.717) is 6.54 Å². The zero-order valence-corrected chi connectivity index (χ0v) is 14.3. The molecule has 1 amide bonds. The van der Waals surface area contributed by atoms with Gasteiger partial charge in [-0.1, -0.05) is 6.07 Å². The van der Waals surface area contributed by atoms with E-state index in [1.807, 2.05) is 43.9 Å². The number of amides is 1. The second-order valence-corrected chi connectivity index (χ2v) is 6.73. The Morgan fingerprint density at radius 3 is 2.52 bits per heavy atom. The second kappa shape index (κ2) is 6.61. The van der Waals surface area contributed by atoms with Gasteiger partial charge >= 0.3 is 0 Å². The lowest BCUT2D eigenvalue weighted by atomic mass is 9.90. The number of aryl methyl sites for hydroxylation is 3. The second-order valence-electron chi connectivity index (χ2n) is 6.73. The smallest absolute Gasteiger partial charge is 0.254 e. The van der Waals surface area contributed by atoms with Gasteiger partial charge in [0.05, 0.1) is 6.54 Å². The highest BCUT2D eigenvalue weighted by molar-refractivity contribution is 5.94. The number of benzene rings is 1. The van der Waals surface area contributed by atoms with Crippen LogP contribution in [0.3, 0.4) is 0 Å². The van der Waals surface area contributed by atoms with Crippen LogP contribution in [0.15, 0.2) is 34.7 Å². The van der Waals surface area contributed by atoms with Crippen molar-refractivity contribution in [2.75, 3.05) is 0 Å². The SMILES string of the molecule is Cc1ccc(CN(C(=O)c2ccc3c(c2)CCCC3)C(C)C)o1. The van der Waals surface area contributed by atoms with Crippen molar-refractivity contribution in [2.45, 2.75) is 59.0 Å². The predicted molar refractivity (Wildman–Crippen MR) is 91.5 cm³/mol. The molecule has 1 aromatic carbocycles. The van der Waals surface area contributed by atoms with Gasteiger partial charge in [0, 0.05) is 11.6 Å². The number of rotatable bonds is 4. The van der Waals surface area contributed by atoms with Crippen molar-refractivity contribution in [1.29, 1.82) is 0 Å². The van der Waals surface area contributed by atoms with Gasteiger partial charge in [0.1, 0.15) is 11.5 Å². The maximum absolute atomic E-state index is 13.0. The van der Waals surface area contributed by atoms with Crippen molar-refractivity contribution in [2.24, 2.45) is 0 Å². The molecule has 1 aromatic heterocycles. The first-order valence-corrected chi connectivity index (χ1v) is 8.52. The van der Waals surface area contributed by atoms with Gasteiger partial charge in [0.25, 0.3) is 5.91 Å². The summed E-state index contributed by atoms with van der Waals surface area (Å²) in [5.74, 6) is 1.80. The Hall–Kier alpha value is -2.03. The summed E-state index contributed by atoms with van der Waals surface area (Å²) in [6.45, 7) is 6.54. The summed E-state index contributed by atoms with van der Waals surface area (Å²) in [5.41, 5.74) is 3.55. The molecule has 1 aliphatic carbocycles. The number of nitrogens with zero attached hydrogens (tertiary/aromatic N) is 1. The van der Waals surface area contributed by atoms with E-state index in [0.717, 1.165) is 29.9 Å². The Balaban J connectivity index is 1.83. The van der Waals surface area contributed by atoms with Gasteiger partial charge in [-0.25, -0.2) is 0 Å². The van der Waals surface area contributed by atoms with Crippen molar-refractivity contribution in [3.05, 3.63) is 58.5 Å². The van der Waals surface area contributed by atoms with Crippen LogP contribution >= 0.6 is 0 Å². The van der Waals surface area contributed by atoms with E-state index in [1.54, 1.807) is 0 Å². The van der Waals surface area contributed by atoms with E-state index in [1.165, 1.54) is 24.0 Å². The zero-order valence-electron chi connectivity index (χ0n) is 14.3. The van der Waals surface area contributed by atoms with Crippen LogP contribution in [-0.4, -0.2) is 16.8 Å². The average molecular weight is 311 g/mol. The molecular weight excluding hydrogens is 286 g/mol. The quantitative estimate of drug-likeness (QED) is 0.832. The molecule has 3 heteroatoms. The Morgan fingerprint density at radius 2 is 1.87 bits per heavy atom. The van der Waals surface area contributed by atoms with Crippen LogP contribution < -0.4 is 0 Å². The molecule has 2 aromatic rings. The minimum Gasteiger partial charge on any atom is -0.464 e. The molecule has 0 atom stereocenters. The van der Waals surface area contributed by atoms with Gasteiger partial charge in [-0.3, -0.25) is 4.79 Å². The summed E-state index contributed by atoms with van der Waals surface area (Å²) in [6.07, 6.45) is 4.72. The van der Waals surface area contributed by atoms with Crippen molar-refractivity contribution in [3.8, 4) is 0 Å². The monoisotopic (exact) mass is 311 g/mol. The fourth-order valence-corrected chi connectivity index (χ4v) is 3.26. The van der Waals surface area contributed by atoms with E-state index in [2.05, 4.69) is 12.1 Å². The molecule has 122 valence electrons. The molecule has 1 heterocycles. The molecule has 23 heavy (non-hydrogen) atoms. The molecule has 0 radical (unpaired) electrons. The van der Waals surface area contributed by atoms with Crippen LogP contribution in [0.1, 0.15) is 59.7 Å². The molecular formula is C20H25NO2. The first-order valence-electron chi connectivity index (χ1n) is 8.52. The van der Waals surface area contributed by atoms with Gasteiger partial charge in [0.15, 0.2) is 0 Å². The van der Waals surface area contributed by atoms with Crippen LogP contribution in [-0.2, 0) is 19.4 Å². The largest absolute Gasteiger partial charge is 0.464 e. The molecule has 3 nitrogen and oxygen atoms in total. The van der Waals surface area contributed by atoms with Crippen LogP contribution in [0.25, 0.3) is 0 Å². The van der Waals surface area contributed by atoms with Crippen LogP contribution in [0.4, 0.5) is 0 Å². The summed E-state index contributed by atoms with van der Waals surface area (Å²) in [4.78, 5) is 14.8. The first kappa shape index (κ1) is 15.9. The average Bonchev–Trinajstić information content (AvgIpc) is 2.96. The molecule has 0 N–H and O–H groups in total. The van der Waals surface area contributed by atoms with Gasteiger partial charge < -0.3 is 9.32 Å². The van der Waals surface area contributed by atoms with E-state index in [4.69, 9.17) is 4.42 Å². The molecule has 0 unspecified atom stereocenters. The standard InChI is InChI=1S/C20H25NO2/c1-14(2)21(13-19-11-8-15(3)23-19)20(22)18-10-9-16-6-4-5-7-17(16)12-18/h8-12,14H,4-7,13H2,1-3H3. The Labute approximate surface area is 138 Å². The van der Waals surface area contributed by atoms with E-state index in [9.17, 15) is 4.79 Å². The van der Waals surface area contributed by atoms with Gasteiger partial charge in [-0.05, 0) is 81.8 Å². The van der Waals surface area contributed by atoms with Crippen molar-refractivity contribution in [3.63, 3.8) is 0 Å². The third-order valence-corrected chi connectivity index (χ3v) is 4.60. The Bertz CT molecular complexity index is 699. The summed E-state index contributed by atoms with van der Waals surface area (Å²) >= 11 is 0. The van der Waals surface area contributed by atoms with Gasteiger partial charge in [0.2, 0.25) is 0 Å². The molecule has 0 fully saturated rings. The van der Waals surface area contributed by atoms with Crippen LogP contribution in [0.5, 0.6) is 0 Å². The highest BCUT2D eigenvalue weighted by Crippen LogP contribution is 2.24. The summed E-state index contributed by atoms with van der Waals surface area (Å²) in [6, 6.07) is 10.2. The predicted octanol–water partition coefficient (Wildman–Crippen LogP) is 4.52. The molecule has 0 saturated heterocycles. The number of hydrogen-bond donors (Lipinski definition) is 0. The lowest BCUT2D eigenvalue weighted by Crippen LogP contribution is -2.36. The topological polar surface area (TPSA) is 33.5 Å². The molecule has 0 bridgehead atoms. The number of carbonyl (C=O) groups is 1. The first-order chi connectivity index (χ1) is 11.0. The van der Waals surface area contributed by atoms with Crippen LogP contribution in [0.2, 0.25) is 0 Å². The number of furan rings is 1. The minimum atomic E-state index is 0.0856. The summed E-state index contributed by atoms with van der Waals surface area (Å²) in [7, 11) is 0. The van der Waals surface area contributed by atoms with Crippen LogP contribution in [0, 0.1) is 6.92 Å². The zero-order chi connectivity index (χ0) is 16.4. The fraction of sp³-hybridized carbons (Fsp3) is 0.450. The summed E-state index contributed by atoms with van der Waals surface area (Å²) < 4.78 is 5.65. The third kappa shape index (κ3) is 3.49. The molecule has 3 rings (SSSR count). The molecule has 0 saturated carbocycles. The maximum atomic E-state index is 13.0. The molecule has 0 spiro atoms.